The van der Waals surface area contributed by atoms with Gasteiger partial charge < -0.3 is 0 Å². The molecule has 0 aliphatic carbocycles. The minimum absolute atomic E-state index is 0.383. The molecule has 0 aliphatic heterocycles. The SMILES string of the molecule is Cc1nc2sc(C(C)C)nn2c1C#N. The van der Waals surface area contributed by atoms with Crippen LogP contribution < -0.4 is 0 Å². The summed E-state index contributed by atoms with van der Waals surface area (Å²) in [4.78, 5) is 5.09. The van der Waals surface area contributed by atoms with Crippen LogP contribution in [-0.2, 0) is 0 Å². The smallest absolute Gasteiger partial charge is 0.213 e. The molecule has 0 amide bonds. The molecule has 2 rings (SSSR count). The fourth-order valence-electron chi connectivity index (χ4n) is 1.23. The van der Waals surface area contributed by atoms with Crippen LogP contribution in [0.5, 0.6) is 0 Å². The molecule has 0 aromatic carbocycles. The molecule has 72 valence electrons. The summed E-state index contributed by atoms with van der Waals surface area (Å²) in [6.07, 6.45) is 0. The van der Waals surface area contributed by atoms with Gasteiger partial charge in [0.1, 0.15) is 11.1 Å². The van der Waals surface area contributed by atoms with Gasteiger partial charge in [0.15, 0.2) is 5.69 Å². The van der Waals surface area contributed by atoms with E-state index in [0.29, 0.717) is 11.6 Å². The molecule has 5 heteroatoms. The molecule has 0 bridgehead atoms. The maximum atomic E-state index is 8.91. The molecule has 0 N–H and O–H groups in total. The lowest BCUT2D eigenvalue weighted by Gasteiger charge is -1.94. The first-order valence-corrected chi connectivity index (χ1v) is 5.21. The number of aryl methyl sites for hydroxylation is 1. The number of hydrogen-bond donors (Lipinski definition) is 0. The fourth-order valence-corrected chi connectivity index (χ4v) is 2.17. The molecule has 0 aliphatic rings. The highest BCUT2D eigenvalue weighted by atomic mass is 32.1. The van der Waals surface area contributed by atoms with E-state index in [2.05, 4.69) is 30.0 Å². The van der Waals surface area contributed by atoms with Gasteiger partial charge in [0.05, 0.1) is 5.69 Å². The Kier molecular flexibility index (Phi) is 2.01. The van der Waals surface area contributed by atoms with Crippen molar-refractivity contribution in [3.63, 3.8) is 0 Å². The quantitative estimate of drug-likeness (QED) is 0.718. The Labute approximate surface area is 85.8 Å². The van der Waals surface area contributed by atoms with Gasteiger partial charge >= 0.3 is 0 Å². The summed E-state index contributed by atoms with van der Waals surface area (Å²) in [6.45, 7) is 5.99. The summed E-state index contributed by atoms with van der Waals surface area (Å²) < 4.78 is 1.63. The average molecular weight is 206 g/mol. The summed E-state index contributed by atoms with van der Waals surface area (Å²) >= 11 is 1.55. The van der Waals surface area contributed by atoms with Crippen LogP contribution >= 0.6 is 11.3 Å². The zero-order valence-electron chi connectivity index (χ0n) is 8.27. The maximum Gasteiger partial charge on any atom is 0.213 e. The molecule has 0 saturated carbocycles. The van der Waals surface area contributed by atoms with Gasteiger partial charge in [0.25, 0.3) is 0 Å². The molecule has 0 saturated heterocycles. The van der Waals surface area contributed by atoms with Gasteiger partial charge in [-0.1, -0.05) is 25.2 Å². The lowest BCUT2D eigenvalue weighted by atomic mass is 10.2. The summed E-state index contributed by atoms with van der Waals surface area (Å²) in [5.74, 6) is 0.383. The lowest BCUT2D eigenvalue weighted by Crippen LogP contribution is -1.93. The average Bonchev–Trinajstić information content (AvgIpc) is 2.60. The second kappa shape index (κ2) is 3.07. The van der Waals surface area contributed by atoms with Crippen LogP contribution in [0, 0.1) is 18.3 Å². The standard InChI is InChI=1S/C9H10N4S/c1-5(2)8-12-13-7(4-10)6(3)11-9(13)14-8/h5H,1-3H3. The molecule has 0 radical (unpaired) electrons. The van der Waals surface area contributed by atoms with Crippen LogP contribution in [0.15, 0.2) is 0 Å². The fraction of sp³-hybridized carbons (Fsp3) is 0.444. The Balaban J connectivity index is 2.70. The van der Waals surface area contributed by atoms with Gasteiger partial charge in [-0.25, -0.2) is 4.98 Å². The Hall–Kier alpha value is -1.41. The van der Waals surface area contributed by atoms with Crippen molar-refractivity contribution in [3.05, 3.63) is 16.4 Å². The topological polar surface area (TPSA) is 54.0 Å². The molecular weight excluding hydrogens is 196 g/mol. The van der Waals surface area contributed by atoms with Crippen LogP contribution in [0.25, 0.3) is 4.96 Å². The Morgan fingerprint density at radius 2 is 2.21 bits per heavy atom. The molecule has 0 atom stereocenters. The number of fused-ring (bicyclic) bond motifs is 1. The largest absolute Gasteiger partial charge is 0.221 e. The van der Waals surface area contributed by atoms with E-state index in [-0.39, 0.29) is 0 Å². The number of nitriles is 1. The Morgan fingerprint density at radius 3 is 2.79 bits per heavy atom. The van der Waals surface area contributed by atoms with Gasteiger partial charge in [-0.15, -0.1) is 0 Å². The van der Waals surface area contributed by atoms with E-state index in [1.807, 2.05) is 6.92 Å². The van der Waals surface area contributed by atoms with Gasteiger partial charge in [0.2, 0.25) is 4.96 Å². The third-order valence-corrected chi connectivity index (χ3v) is 3.20. The predicted octanol–water partition coefficient (Wildman–Crippen LogP) is 2.09. The van der Waals surface area contributed by atoms with Gasteiger partial charge in [-0.05, 0) is 6.92 Å². The third-order valence-electron chi connectivity index (χ3n) is 1.99. The van der Waals surface area contributed by atoms with E-state index in [9.17, 15) is 0 Å². The predicted molar refractivity (Wildman–Crippen MR) is 54.4 cm³/mol. The van der Waals surface area contributed by atoms with Crippen LogP contribution in [0.3, 0.4) is 0 Å². The van der Waals surface area contributed by atoms with Crippen molar-refractivity contribution < 1.29 is 0 Å². The van der Waals surface area contributed by atoms with E-state index in [1.165, 1.54) is 0 Å². The van der Waals surface area contributed by atoms with Gasteiger partial charge in [-0.3, -0.25) is 0 Å². The molecule has 4 nitrogen and oxygen atoms in total. The molecule has 2 aromatic rings. The zero-order chi connectivity index (χ0) is 10.3. The molecule has 14 heavy (non-hydrogen) atoms. The van der Waals surface area contributed by atoms with Gasteiger partial charge in [-0.2, -0.15) is 14.9 Å². The minimum Gasteiger partial charge on any atom is -0.221 e. The molecule has 2 aromatic heterocycles. The van der Waals surface area contributed by atoms with E-state index < -0.39 is 0 Å². The highest BCUT2D eigenvalue weighted by Gasteiger charge is 2.14. The second-order valence-electron chi connectivity index (χ2n) is 3.45. The first-order valence-electron chi connectivity index (χ1n) is 4.39. The Bertz CT molecular complexity index is 515. The zero-order valence-corrected chi connectivity index (χ0v) is 9.09. The van der Waals surface area contributed by atoms with Crippen molar-refractivity contribution in [2.75, 3.05) is 0 Å². The number of imidazole rings is 1. The van der Waals surface area contributed by atoms with Crippen molar-refractivity contribution in [1.82, 2.24) is 14.6 Å². The summed E-state index contributed by atoms with van der Waals surface area (Å²) in [5.41, 5.74) is 1.30. The Morgan fingerprint density at radius 1 is 1.50 bits per heavy atom. The summed E-state index contributed by atoms with van der Waals surface area (Å²) in [5, 5.41) is 14.3. The van der Waals surface area contributed by atoms with E-state index in [0.717, 1.165) is 15.7 Å². The van der Waals surface area contributed by atoms with Gasteiger partial charge in [0, 0.05) is 5.92 Å². The molecule has 0 unspecified atom stereocenters. The van der Waals surface area contributed by atoms with Crippen LogP contribution in [0.1, 0.15) is 36.2 Å². The van der Waals surface area contributed by atoms with E-state index in [4.69, 9.17) is 5.26 Å². The second-order valence-corrected chi connectivity index (χ2v) is 4.43. The van der Waals surface area contributed by atoms with Crippen molar-refractivity contribution in [1.29, 1.82) is 5.26 Å². The number of nitrogens with zero attached hydrogens (tertiary/aromatic N) is 4. The summed E-state index contributed by atoms with van der Waals surface area (Å²) in [7, 11) is 0. The van der Waals surface area contributed by atoms with Crippen molar-refractivity contribution in [2.24, 2.45) is 0 Å². The number of aromatic nitrogens is 3. The third kappa shape index (κ3) is 1.19. The first-order chi connectivity index (χ1) is 6.63. The first kappa shape index (κ1) is 9.16. The van der Waals surface area contributed by atoms with Crippen LogP contribution in [0.4, 0.5) is 0 Å². The minimum atomic E-state index is 0.383. The molecular formula is C9H10N4S. The number of rotatable bonds is 1. The van der Waals surface area contributed by atoms with Crippen molar-refractivity contribution in [2.45, 2.75) is 26.7 Å². The van der Waals surface area contributed by atoms with E-state index in [1.54, 1.807) is 15.9 Å². The normalized spacial score (nSPS) is 11.1. The van der Waals surface area contributed by atoms with E-state index >= 15 is 0 Å². The summed E-state index contributed by atoms with van der Waals surface area (Å²) in [6, 6.07) is 2.12. The van der Waals surface area contributed by atoms with Crippen LogP contribution in [0.2, 0.25) is 0 Å². The highest BCUT2D eigenvalue weighted by molar-refractivity contribution is 7.16. The molecule has 0 spiro atoms. The highest BCUT2D eigenvalue weighted by Crippen LogP contribution is 2.23. The van der Waals surface area contributed by atoms with Crippen LogP contribution in [-0.4, -0.2) is 14.6 Å². The monoisotopic (exact) mass is 206 g/mol. The number of hydrogen-bond acceptors (Lipinski definition) is 4. The lowest BCUT2D eigenvalue weighted by molar-refractivity contribution is 0.797. The maximum absolute atomic E-state index is 8.91. The molecule has 0 fully saturated rings. The van der Waals surface area contributed by atoms with Crippen molar-refractivity contribution >= 4 is 16.3 Å². The van der Waals surface area contributed by atoms with Crippen molar-refractivity contribution in [3.8, 4) is 6.07 Å². The molecule has 2 heterocycles.